The summed E-state index contributed by atoms with van der Waals surface area (Å²) in [6, 6.07) is 13.3. The Labute approximate surface area is 129 Å². The molecule has 0 spiro atoms. The number of nitrogens with zero attached hydrogens (tertiary/aromatic N) is 2. The largest absolute Gasteiger partial charge is 0.488 e. The van der Waals surface area contributed by atoms with Crippen LogP contribution >= 0.6 is 0 Å². The highest BCUT2D eigenvalue weighted by Crippen LogP contribution is 2.18. The Bertz CT molecular complexity index is 604. The molecule has 114 valence electrons. The summed E-state index contributed by atoms with van der Waals surface area (Å²) < 4.78 is 11.2. The molecule has 1 fully saturated rings. The minimum absolute atomic E-state index is 0.00618. The average Bonchev–Trinajstić information content (AvgIpc) is 3.03. The highest BCUT2D eigenvalue weighted by Gasteiger charge is 2.28. The van der Waals surface area contributed by atoms with E-state index < -0.39 is 0 Å². The van der Waals surface area contributed by atoms with Crippen LogP contribution in [0, 0.1) is 0 Å². The first-order chi connectivity index (χ1) is 10.8. The minimum atomic E-state index is -0.287. The van der Waals surface area contributed by atoms with Crippen LogP contribution in [0.15, 0.2) is 54.9 Å². The average molecular weight is 298 g/mol. The Kier molecular flexibility index (Phi) is 4.53. The van der Waals surface area contributed by atoms with Gasteiger partial charge in [-0.15, -0.1) is 0 Å². The number of hydrogen-bond acceptors (Lipinski definition) is 4. The van der Waals surface area contributed by atoms with E-state index >= 15 is 0 Å². The van der Waals surface area contributed by atoms with E-state index in [4.69, 9.17) is 9.47 Å². The quantitative estimate of drug-likeness (QED) is 0.871. The van der Waals surface area contributed by atoms with Crippen LogP contribution in [0.5, 0.6) is 5.75 Å². The summed E-state index contributed by atoms with van der Waals surface area (Å²) in [5, 5.41) is 0. The van der Waals surface area contributed by atoms with E-state index in [0.717, 1.165) is 17.7 Å². The molecule has 2 heterocycles. The highest BCUT2D eigenvalue weighted by atomic mass is 16.6. The van der Waals surface area contributed by atoms with Crippen molar-refractivity contribution in [1.29, 1.82) is 0 Å². The van der Waals surface area contributed by atoms with Crippen LogP contribution in [0.3, 0.4) is 0 Å². The Morgan fingerprint density at radius 1 is 1.18 bits per heavy atom. The molecule has 2 aromatic rings. The maximum atomic E-state index is 12.1. The van der Waals surface area contributed by atoms with Crippen molar-refractivity contribution < 1.29 is 14.3 Å². The SMILES string of the molecule is O=C(OCc1ccccc1)N1CC[C@H](Oc2ccncc2)C1. The summed E-state index contributed by atoms with van der Waals surface area (Å²) in [5.74, 6) is 0.777. The molecular weight excluding hydrogens is 280 g/mol. The Balaban J connectivity index is 1.46. The van der Waals surface area contributed by atoms with Crippen molar-refractivity contribution in [2.45, 2.75) is 19.1 Å². The number of amides is 1. The smallest absolute Gasteiger partial charge is 0.410 e. The predicted molar refractivity (Wildman–Crippen MR) is 81.5 cm³/mol. The first-order valence-corrected chi connectivity index (χ1v) is 7.33. The third kappa shape index (κ3) is 3.75. The van der Waals surface area contributed by atoms with Crippen LogP contribution in [0.2, 0.25) is 0 Å². The maximum Gasteiger partial charge on any atom is 0.410 e. The third-order valence-electron chi connectivity index (χ3n) is 3.56. The van der Waals surface area contributed by atoms with E-state index in [-0.39, 0.29) is 12.2 Å². The second-order valence-electron chi connectivity index (χ2n) is 5.20. The minimum Gasteiger partial charge on any atom is -0.488 e. The Morgan fingerprint density at radius 3 is 2.73 bits per heavy atom. The van der Waals surface area contributed by atoms with E-state index in [1.165, 1.54) is 0 Å². The van der Waals surface area contributed by atoms with Crippen molar-refractivity contribution in [2.75, 3.05) is 13.1 Å². The van der Waals surface area contributed by atoms with Gasteiger partial charge in [0.1, 0.15) is 18.5 Å². The van der Waals surface area contributed by atoms with Crippen LogP contribution in [-0.4, -0.2) is 35.2 Å². The summed E-state index contributed by atoms with van der Waals surface area (Å²) >= 11 is 0. The van der Waals surface area contributed by atoms with Crippen molar-refractivity contribution in [1.82, 2.24) is 9.88 Å². The van der Waals surface area contributed by atoms with Crippen molar-refractivity contribution in [3.05, 3.63) is 60.4 Å². The molecule has 1 aromatic carbocycles. The zero-order chi connectivity index (χ0) is 15.2. The number of rotatable bonds is 4. The number of likely N-dealkylation sites (tertiary alicyclic amines) is 1. The number of benzene rings is 1. The molecular formula is C17H18N2O3. The first-order valence-electron chi connectivity index (χ1n) is 7.33. The Hall–Kier alpha value is -2.56. The topological polar surface area (TPSA) is 51.7 Å². The lowest BCUT2D eigenvalue weighted by atomic mass is 10.2. The molecule has 22 heavy (non-hydrogen) atoms. The van der Waals surface area contributed by atoms with Gasteiger partial charge in [0.2, 0.25) is 0 Å². The fourth-order valence-electron chi connectivity index (χ4n) is 2.41. The van der Waals surface area contributed by atoms with Gasteiger partial charge in [0.05, 0.1) is 6.54 Å². The molecule has 1 amide bonds. The van der Waals surface area contributed by atoms with Gasteiger partial charge < -0.3 is 14.4 Å². The number of aromatic nitrogens is 1. The maximum absolute atomic E-state index is 12.1. The van der Waals surface area contributed by atoms with Gasteiger partial charge in [0.25, 0.3) is 0 Å². The van der Waals surface area contributed by atoms with Crippen LogP contribution in [0.4, 0.5) is 4.79 Å². The second kappa shape index (κ2) is 6.93. The first kappa shape index (κ1) is 14.4. The number of pyridine rings is 1. The molecule has 0 aliphatic carbocycles. The summed E-state index contributed by atoms with van der Waals surface area (Å²) in [6.45, 7) is 1.51. The fourth-order valence-corrected chi connectivity index (χ4v) is 2.41. The lowest BCUT2D eigenvalue weighted by Crippen LogP contribution is -2.31. The third-order valence-corrected chi connectivity index (χ3v) is 3.56. The number of carbonyl (C=O) groups is 1. The van der Waals surface area contributed by atoms with Gasteiger partial charge in [-0.1, -0.05) is 30.3 Å². The number of hydrogen-bond donors (Lipinski definition) is 0. The van der Waals surface area contributed by atoms with Crippen molar-refractivity contribution in [2.24, 2.45) is 0 Å². The molecule has 1 saturated heterocycles. The fraction of sp³-hybridized carbons (Fsp3) is 0.294. The van der Waals surface area contributed by atoms with E-state index in [0.29, 0.717) is 19.7 Å². The van der Waals surface area contributed by atoms with Crippen LogP contribution < -0.4 is 4.74 Å². The molecule has 5 nitrogen and oxygen atoms in total. The molecule has 1 aliphatic heterocycles. The molecule has 5 heteroatoms. The lowest BCUT2D eigenvalue weighted by Gasteiger charge is -2.17. The van der Waals surface area contributed by atoms with Gasteiger partial charge in [0, 0.05) is 25.4 Å². The van der Waals surface area contributed by atoms with Gasteiger partial charge >= 0.3 is 6.09 Å². The van der Waals surface area contributed by atoms with Crippen LogP contribution in [0.1, 0.15) is 12.0 Å². The van der Waals surface area contributed by atoms with Crippen molar-refractivity contribution in [3.8, 4) is 5.75 Å². The number of carbonyl (C=O) groups excluding carboxylic acids is 1. The van der Waals surface area contributed by atoms with Crippen LogP contribution in [-0.2, 0) is 11.3 Å². The molecule has 1 aromatic heterocycles. The van der Waals surface area contributed by atoms with E-state index in [2.05, 4.69) is 4.98 Å². The molecule has 3 rings (SSSR count). The van der Waals surface area contributed by atoms with Crippen molar-refractivity contribution in [3.63, 3.8) is 0 Å². The van der Waals surface area contributed by atoms with Gasteiger partial charge in [-0.2, -0.15) is 0 Å². The summed E-state index contributed by atoms with van der Waals surface area (Å²) in [6.07, 6.45) is 3.91. The zero-order valence-corrected chi connectivity index (χ0v) is 12.2. The molecule has 0 radical (unpaired) electrons. The van der Waals surface area contributed by atoms with Crippen molar-refractivity contribution >= 4 is 6.09 Å². The summed E-state index contributed by atoms with van der Waals surface area (Å²) in [7, 11) is 0. The van der Waals surface area contributed by atoms with E-state index in [1.54, 1.807) is 17.3 Å². The van der Waals surface area contributed by atoms with Gasteiger partial charge in [-0.05, 0) is 17.7 Å². The monoisotopic (exact) mass is 298 g/mol. The van der Waals surface area contributed by atoms with Gasteiger partial charge in [-0.25, -0.2) is 4.79 Å². The predicted octanol–water partition coefficient (Wildman–Crippen LogP) is 2.87. The summed E-state index contributed by atoms with van der Waals surface area (Å²) in [5.41, 5.74) is 0.986. The Morgan fingerprint density at radius 2 is 1.95 bits per heavy atom. The van der Waals surface area contributed by atoms with Gasteiger partial charge in [0.15, 0.2) is 0 Å². The molecule has 0 N–H and O–H groups in total. The molecule has 0 bridgehead atoms. The molecule has 0 unspecified atom stereocenters. The second-order valence-corrected chi connectivity index (χ2v) is 5.20. The molecule has 0 saturated carbocycles. The zero-order valence-electron chi connectivity index (χ0n) is 12.2. The molecule has 1 atom stereocenters. The number of ether oxygens (including phenoxy) is 2. The normalized spacial score (nSPS) is 17.3. The van der Waals surface area contributed by atoms with E-state index in [1.807, 2.05) is 42.5 Å². The van der Waals surface area contributed by atoms with E-state index in [9.17, 15) is 4.79 Å². The summed E-state index contributed by atoms with van der Waals surface area (Å²) in [4.78, 5) is 17.7. The molecule has 1 aliphatic rings. The highest BCUT2D eigenvalue weighted by molar-refractivity contribution is 5.68. The standard InChI is InChI=1S/C17H18N2O3/c20-17(21-13-14-4-2-1-3-5-14)19-11-8-16(12-19)22-15-6-9-18-10-7-15/h1-7,9-10,16H,8,11-13H2/t16-/m0/s1. The van der Waals surface area contributed by atoms with Gasteiger partial charge in [-0.3, -0.25) is 4.98 Å². The lowest BCUT2D eigenvalue weighted by molar-refractivity contribution is 0.0991. The van der Waals surface area contributed by atoms with Crippen LogP contribution in [0.25, 0.3) is 0 Å².